The van der Waals surface area contributed by atoms with E-state index < -0.39 is 29.8 Å². The lowest BCUT2D eigenvalue weighted by Gasteiger charge is -2.24. The maximum atomic E-state index is 13.3. The smallest absolute Gasteiger partial charge is 0.317 e. The van der Waals surface area contributed by atoms with E-state index in [1.165, 1.54) is 120 Å². The summed E-state index contributed by atoms with van der Waals surface area (Å²) in [6.45, 7) is 6.98. The van der Waals surface area contributed by atoms with Crippen molar-refractivity contribution >= 4 is 35.6 Å². The van der Waals surface area contributed by atoms with Gasteiger partial charge in [0.05, 0.1) is 39.5 Å². The first-order valence-corrected chi connectivity index (χ1v) is 33.1. The number of unbranched alkanes of at least 4 members (excludes halogenated alkanes) is 32. The van der Waals surface area contributed by atoms with Crippen LogP contribution >= 0.6 is 0 Å². The van der Waals surface area contributed by atoms with Crippen molar-refractivity contribution in [3.05, 3.63) is 0 Å². The first-order valence-electron chi connectivity index (χ1n) is 33.1. The maximum Gasteiger partial charge on any atom is 0.317 e. The second-order valence-corrected chi connectivity index (χ2v) is 22.2. The average molecular weight is 1180 g/mol. The zero-order valence-corrected chi connectivity index (χ0v) is 53.0. The number of carboxylic acids is 2. The van der Waals surface area contributed by atoms with Crippen LogP contribution in [0.2, 0.25) is 0 Å². The third kappa shape index (κ3) is 58.7. The summed E-state index contributed by atoms with van der Waals surface area (Å²) in [5, 5.41) is 29.4. The van der Waals surface area contributed by atoms with Crippen molar-refractivity contribution in [1.29, 1.82) is 0 Å². The van der Waals surface area contributed by atoms with Gasteiger partial charge >= 0.3 is 11.9 Å². The summed E-state index contributed by atoms with van der Waals surface area (Å²) >= 11 is 0. The number of carbonyl (C=O) groups is 6. The zero-order valence-electron chi connectivity index (χ0n) is 53.0. The minimum absolute atomic E-state index is 0.0558. The zero-order chi connectivity index (χ0) is 61.5. The molecule has 0 aromatic carbocycles. The number of ether oxygens (including phenoxy) is 2. The molecular weight excluding hydrogens is 1060 g/mol. The van der Waals surface area contributed by atoms with Gasteiger partial charge in [-0.3, -0.25) is 38.6 Å². The predicted octanol–water partition coefficient (Wildman–Crippen LogP) is 11.5. The third-order valence-electron chi connectivity index (χ3n) is 14.4. The van der Waals surface area contributed by atoms with Crippen LogP contribution in [0, 0.1) is 47.4 Å². The van der Waals surface area contributed by atoms with E-state index in [1.54, 1.807) is 11.8 Å². The normalized spacial score (nSPS) is 11.1. The molecule has 0 fully saturated rings. The summed E-state index contributed by atoms with van der Waals surface area (Å²) in [5.41, 5.74) is 0. The Labute approximate surface area is 510 Å². The highest BCUT2D eigenvalue weighted by Gasteiger charge is 2.22. The van der Waals surface area contributed by atoms with Gasteiger partial charge in [-0.25, -0.2) is 0 Å². The Morgan fingerprint density at radius 1 is 0.405 bits per heavy atom. The summed E-state index contributed by atoms with van der Waals surface area (Å²) in [4.78, 5) is 77.3. The first-order chi connectivity index (χ1) is 41.0. The van der Waals surface area contributed by atoms with Gasteiger partial charge in [-0.15, -0.1) is 0 Å². The Morgan fingerprint density at radius 3 is 1.21 bits per heavy atom. The van der Waals surface area contributed by atoms with E-state index in [4.69, 9.17) is 14.6 Å². The number of nitrogens with zero attached hydrogens (tertiary/aromatic N) is 2. The van der Waals surface area contributed by atoms with E-state index in [-0.39, 0.29) is 84.1 Å². The SMILES string of the molecule is CCCCCCCCCCCCC#CC#CCCCCCCCCC(=O)NCC(NC(=O)CCCCCCCCC#CC#CCCCCCCCCCCCC)C(=O)NCOCCOCCNC(=O)CN(CCN(CC)CC(=O)O)CC(=O)O. The molecule has 0 aromatic heterocycles. The highest BCUT2D eigenvalue weighted by atomic mass is 16.5. The van der Waals surface area contributed by atoms with Crippen LogP contribution in [0.4, 0.5) is 0 Å². The van der Waals surface area contributed by atoms with Gasteiger partial charge in [0.2, 0.25) is 23.6 Å². The van der Waals surface area contributed by atoms with Gasteiger partial charge < -0.3 is 41.0 Å². The number of carboxylic acid groups (broad SMARTS) is 2. The topological polar surface area (TPSA) is 216 Å². The Morgan fingerprint density at radius 2 is 0.786 bits per heavy atom. The molecule has 1 unspecified atom stereocenters. The summed E-state index contributed by atoms with van der Waals surface area (Å²) in [7, 11) is 0. The molecule has 0 aromatic rings. The van der Waals surface area contributed by atoms with E-state index in [0.717, 1.165) is 109 Å². The molecule has 0 aliphatic heterocycles. The lowest BCUT2D eigenvalue weighted by molar-refractivity contribution is -0.140. The monoisotopic (exact) mass is 1180 g/mol. The standard InChI is InChI=1S/C68H116N6O10/c1-4-7-9-11-13-15-17-19-21-23-25-27-29-31-33-35-37-39-41-43-45-47-49-63(75)70-57-62(72-64(76)50-48-46-44-42-40-38-36-34-32-30-28-26-24-22-20-18-16-14-12-10-8-5-2)68(82)71-61-84-56-55-83-54-51-69-65(77)58-74(60-67(80)81)53-52-73(6-3)59-66(78)79/h62H,4-26,35-61H2,1-3H3,(H,69,77)(H,70,75)(H,71,82)(H,72,76)(H,78,79)(H,80,81). The van der Waals surface area contributed by atoms with Crippen molar-refractivity contribution in [2.45, 2.75) is 271 Å². The van der Waals surface area contributed by atoms with Crippen LogP contribution in [0.5, 0.6) is 0 Å². The van der Waals surface area contributed by atoms with Crippen molar-refractivity contribution in [3.8, 4) is 47.4 Å². The Bertz CT molecular complexity index is 1940. The van der Waals surface area contributed by atoms with Gasteiger partial charge in [0, 0.05) is 64.7 Å². The van der Waals surface area contributed by atoms with Gasteiger partial charge in [-0.2, -0.15) is 0 Å². The number of hydrogen-bond acceptors (Lipinski definition) is 10. The van der Waals surface area contributed by atoms with Gasteiger partial charge in [0.15, 0.2) is 0 Å². The van der Waals surface area contributed by atoms with Crippen LogP contribution in [0.3, 0.4) is 0 Å². The molecule has 0 heterocycles. The predicted molar refractivity (Wildman–Crippen MR) is 339 cm³/mol. The van der Waals surface area contributed by atoms with Crippen LogP contribution < -0.4 is 21.3 Å². The number of carbonyl (C=O) groups excluding carboxylic acids is 4. The molecule has 84 heavy (non-hydrogen) atoms. The largest absolute Gasteiger partial charge is 0.480 e. The Kier molecular flexibility index (Phi) is 58.6. The second kappa shape index (κ2) is 62.4. The molecule has 4 amide bonds. The molecule has 6 N–H and O–H groups in total. The van der Waals surface area contributed by atoms with Gasteiger partial charge in [-0.05, 0) is 68.8 Å². The lowest BCUT2D eigenvalue weighted by atomic mass is 10.1. The van der Waals surface area contributed by atoms with Crippen LogP contribution in [0.1, 0.15) is 265 Å². The van der Waals surface area contributed by atoms with Crippen molar-refractivity contribution in [2.24, 2.45) is 0 Å². The molecule has 0 saturated heterocycles. The molecule has 16 heteroatoms. The summed E-state index contributed by atoms with van der Waals surface area (Å²) in [6, 6.07) is -0.990. The Hall–Kier alpha value is -5.10. The molecule has 0 bridgehead atoms. The second-order valence-electron chi connectivity index (χ2n) is 22.2. The maximum absolute atomic E-state index is 13.3. The molecule has 16 nitrogen and oxygen atoms in total. The van der Waals surface area contributed by atoms with Crippen molar-refractivity contribution in [2.75, 3.05) is 78.9 Å². The number of nitrogens with one attached hydrogen (secondary N) is 4. The summed E-state index contributed by atoms with van der Waals surface area (Å²) < 4.78 is 11.1. The van der Waals surface area contributed by atoms with Crippen LogP contribution in [0.15, 0.2) is 0 Å². The number of rotatable bonds is 58. The molecule has 0 aliphatic rings. The van der Waals surface area contributed by atoms with Gasteiger partial charge in [-0.1, -0.05) is 211 Å². The molecule has 0 spiro atoms. The van der Waals surface area contributed by atoms with E-state index in [9.17, 15) is 33.9 Å². The van der Waals surface area contributed by atoms with Crippen molar-refractivity contribution in [1.82, 2.24) is 31.1 Å². The van der Waals surface area contributed by atoms with E-state index in [0.29, 0.717) is 25.9 Å². The van der Waals surface area contributed by atoms with E-state index in [2.05, 4.69) is 82.5 Å². The fraction of sp³-hybridized carbons (Fsp3) is 0.794. The van der Waals surface area contributed by atoms with E-state index in [1.807, 2.05) is 0 Å². The molecule has 0 aliphatic carbocycles. The number of aliphatic carboxylic acids is 2. The number of amides is 4. The van der Waals surface area contributed by atoms with Crippen molar-refractivity contribution in [3.63, 3.8) is 0 Å². The molecule has 0 rings (SSSR count). The molecule has 0 radical (unpaired) electrons. The van der Waals surface area contributed by atoms with Gasteiger partial charge in [0.25, 0.3) is 0 Å². The Balaban J connectivity index is 4.69. The van der Waals surface area contributed by atoms with Crippen molar-refractivity contribution < 1.29 is 48.5 Å². The highest BCUT2D eigenvalue weighted by Crippen LogP contribution is 2.14. The number of hydrogen-bond donors (Lipinski definition) is 6. The van der Waals surface area contributed by atoms with Gasteiger partial charge in [0.1, 0.15) is 12.8 Å². The quantitative estimate of drug-likeness (QED) is 0.0191. The summed E-state index contributed by atoms with van der Waals surface area (Å²) in [5.74, 6) is 21.4. The van der Waals surface area contributed by atoms with Crippen LogP contribution in [-0.4, -0.2) is 141 Å². The van der Waals surface area contributed by atoms with Crippen LogP contribution in [0.25, 0.3) is 0 Å². The minimum Gasteiger partial charge on any atom is -0.480 e. The number of likely N-dealkylation sites (N-methyl/N-ethyl adjacent to an activating group) is 1. The molecule has 1 atom stereocenters. The minimum atomic E-state index is -1.10. The fourth-order valence-corrected chi connectivity index (χ4v) is 9.31. The third-order valence-corrected chi connectivity index (χ3v) is 14.4. The first kappa shape index (κ1) is 78.9. The lowest BCUT2D eigenvalue weighted by Crippen LogP contribution is -2.53. The average Bonchev–Trinajstić information content (AvgIpc) is 3.51. The van der Waals surface area contributed by atoms with Crippen LogP contribution in [-0.2, 0) is 38.2 Å². The molecular formula is C68H116N6O10. The fourth-order valence-electron chi connectivity index (χ4n) is 9.31. The van der Waals surface area contributed by atoms with E-state index >= 15 is 0 Å². The summed E-state index contributed by atoms with van der Waals surface area (Å²) in [6.07, 6.45) is 42.2. The molecule has 478 valence electrons. The molecule has 0 saturated carbocycles. The highest BCUT2D eigenvalue weighted by molar-refractivity contribution is 5.88.